The molecule has 146 valence electrons. The van der Waals surface area contributed by atoms with Crippen molar-refractivity contribution in [3.05, 3.63) is 51.9 Å². The van der Waals surface area contributed by atoms with E-state index in [9.17, 15) is 14.0 Å². The third-order valence-corrected chi connectivity index (χ3v) is 6.63. The van der Waals surface area contributed by atoms with Gasteiger partial charge in [-0.15, -0.1) is 11.3 Å². The first-order valence-electron chi connectivity index (χ1n) is 8.88. The maximum absolute atomic E-state index is 13.1. The van der Waals surface area contributed by atoms with Crippen LogP contribution in [0.15, 0.2) is 45.7 Å². The number of carbonyl (C=O) groups excluding carboxylic acids is 1. The number of hydrogen-bond donors (Lipinski definition) is 0. The van der Waals surface area contributed by atoms with Gasteiger partial charge in [0, 0.05) is 38.9 Å². The summed E-state index contributed by atoms with van der Waals surface area (Å²) in [6, 6.07) is 8.19. The average molecular weight is 419 g/mol. The van der Waals surface area contributed by atoms with Crippen molar-refractivity contribution in [3.63, 3.8) is 0 Å². The molecule has 0 saturated carbocycles. The zero-order valence-corrected chi connectivity index (χ0v) is 16.9. The highest BCUT2D eigenvalue weighted by molar-refractivity contribution is 7.99. The second-order valence-electron chi connectivity index (χ2n) is 6.53. The number of halogens is 1. The Balaban J connectivity index is 1.36. The van der Waals surface area contributed by atoms with Crippen LogP contribution in [0.25, 0.3) is 10.2 Å². The van der Waals surface area contributed by atoms with E-state index in [1.165, 1.54) is 39.8 Å². The number of thioether (sulfide) groups is 1. The van der Waals surface area contributed by atoms with Crippen LogP contribution in [0.3, 0.4) is 0 Å². The smallest absolute Gasteiger partial charge is 0.262 e. The molecule has 9 heteroatoms. The van der Waals surface area contributed by atoms with Crippen LogP contribution in [0.1, 0.15) is 0 Å². The van der Waals surface area contributed by atoms with Crippen LogP contribution >= 0.6 is 23.1 Å². The summed E-state index contributed by atoms with van der Waals surface area (Å²) in [6.45, 7) is 2.65. The van der Waals surface area contributed by atoms with Gasteiger partial charge in [-0.25, -0.2) is 9.37 Å². The van der Waals surface area contributed by atoms with Crippen LogP contribution in [0.5, 0.6) is 0 Å². The summed E-state index contributed by atoms with van der Waals surface area (Å²) >= 11 is 2.72. The Morgan fingerprint density at radius 3 is 2.61 bits per heavy atom. The standard InChI is InChI=1S/C19H19FN4O2S2/c1-22-18(26)15-6-11-27-17(15)21-19(22)28-12-16(25)24-9-7-23(8-10-24)14-4-2-13(20)3-5-14/h2-6,11H,7-10,12H2,1H3. The fourth-order valence-electron chi connectivity index (χ4n) is 3.19. The zero-order chi connectivity index (χ0) is 19.7. The topological polar surface area (TPSA) is 58.4 Å². The summed E-state index contributed by atoms with van der Waals surface area (Å²) < 4.78 is 14.6. The molecular formula is C19H19FN4O2S2. The molecule has 1 aliphatic rings. The molecular weight excluding hydrogens is 399 g/mol. The highest BCUT2D eigenvalue weighted by Gasteiger charge is 2.22. The molecule has 4 rings (SSSR count). The van der Waals surface area contributed by atoms with Crippen molar-refractivity contribution in [1.29, 1.82) is 0 Å². The molecule has 0 N–H and O–H groups in total. The molecule has 1 saturated heterocycles. The van der Waals surface area contributed by atoms with E-state index in [2.05, 4.69) is 9.88 Å². The van der Waals surface area contributed by atoms with Crippen LogP contribution in [0.4, 0.5) is 10.1 Å². The van der Waals surface area contributed by atoms with Gasteiger partial charge in [-0.1, -0.05) is 11.8 Å². The third-order valence-electron chi connectivity index (χ3n) is 4.81. The van der Waals surface area contributed by atoms with E-state index in [4.69, 9.17) is 0 Å². The number of benzene rings is 1. The van der Waals surface area contributed by atoms with Crippen molar-refractivity contribution in [1.82, 2.24) is 14.5 Å². The lowest BCUT2D eigenvalue weighted by Gasteiger charge is -2.36. The molecule has 3 aromatic rings. The molecule has 6 nitrogen and oxygen atoms in total. The number of rotatable bonds is 4. The van der Waals surface area contributed by atoms with Gasteiger partial charge in [-0.3, -0.25) is 14.2 Å². The maximum Gasteiger partial charge on any atom is 0.262 e. The van der Waals surface area contributed by atoms with E-state index in [-0.39, 0.29) is 23.0 Å². The van der Waals surface area contributed by atoms with Gasteiger partial charge in [-0.05, 0) is 35.7 Å². The van der Waals surface area contributed by atoms with E-state index < -0.39 is 0 Å². The molecule has 28 heavy (non-hydrogen) atoms. The number of anilines is 1. The lowest BCUT2D eigenvalue weighted by atomic mass is 10.2. The van der Waals surface area contributed by atoms with E-state index in [1.54, 1.807) is 25.2 Å². The number of carbonyl (C=O) groups is 1. The Morgan fingerprint density at radius 2 is 1.89 bits per heavy atom. The fraction of sp³-hybridized carbons (Fsp3) is 0.316. The summed E-state index contributed by atoms with van der Waals surface area (Å²) in [4.78, 5) is 34.1. The lowest BCUT2D eigenvalue weighted by molar-refractivity contribution is -0.128. The van der Waals surface area contributed by atoms with Crippen LogP contribution in [0, 0.1) is 5.82 Å². The van der Waals surface area contributed by atoms with Crippen LogP contribution in [0.2, 0.25) is 0 Å². The SMILES string of the molecule is Cn1c(SCC(=O)N2CCN(c3ccc(F)cc3)CC2)nc2sccc2c1=O. The predicted molar refractivity (Wildman–Crippen MR) is 111 cm³/mol. The first-order valence-corrected chi connectivity index (χ1v) is 10.7. The quantitative estimate of drug-likeness (QED) is 0.482. The molecule has 0 bridgehead atoms. The van der Waals surface area contributed by atoms with E-state index in [1.807, 2.05) is 10.3 Å². The second kappa shape index (κ2) is 7.92. The minimum Gasteiger partial charge on any atom is -0.368 e. The maximum atomic E-state index is 13.1. The monoisotopic (exact) mass is 418 g/mol. The van der Waals surface area contributed by atoms with Gasteiger partial charge >= 0.3 is 0 Å². The number of nitrogens with zero attached hydrogens (tertiary/aromatic N) is 4. The van der Waals surface area contributed by atoms with Gasteiger partial charge in [0.05, 0.1) is 11.1 Å². The second-order valence-corrected chi connectivity index (χ2v) is 8.37. The number of amides is 1. The Hall–Kier alpha value is -2.39. The molecule has 1 aliphatic heterocycles. The van der Waals surface area contributed by atoms with E-state index in [0.717, 1.165) is 5.69 Å². The molecule has 1 fully saturated rings. The van der Waals surface area contributed by atoms with E-state index in [0.29, 0.717) is 41.6 Å². The van der Waals surface area contributed by atoms with Gasteiger partial charge in [0.2, 0.25) is 5.91 Å². The first kappa shape index (κ1) is 18.9. The van der Waals surface area contributed by atoms with Crippen LogP contribution in [-0.4, -0.2) is 52.3 Å². The van der Waals surface area contributed by atoms with Crippen LogP contribution in [-0.2, 0) is 11.8 Å². The lowest BCUT2D eigenvalue weighted by Crippen LogP contribution is -2.49. The van der Waals surface area contributed by atoms with Gasteiger partial charge in [0.25, 0.3) is 5.56 Å². The molecule has 2 aromatic heterocycles. The average Bonchev–Trinajstić information content (AvgIpc) is 3.19. The van der Waals surface area contributed by atoms with Gasteiger partial charge in [0.1, 0.15) is 10.6 Å². The fourth-order valence-corrected chi connectivity index (χ4v) is 4.87. The molecule has 0 radical (unpaired) electrons. The molecule has 0 atom stereocenters. The summed E-state index contributed by atoms with van der Waals surface area (Å²) in [6.07, 6.45) is 0. The molecule has 1 aromatic carbocycles. The minimum atomic E-state index is -0.252. The van der Waals surface area contributed by atoms with Crippen molar-refractivity contribution < 1.29 is 9.18 Å². The third kappa shape index (κ3) is 3.77. The number of aromatic nitrogens is 2. The van der Waals surface area contributed by atoms with Gasteiger partial charge in [0.15, 0.2) is 5.16 Å². The van der Waals surface area contributed by atoms with Gasteiger partial charge < -0.3 is 9.80 Å². The van der Waals surface area contributed by atoms with Crippen molar-refractivity contribution in [2.45, 2.75) is 5.16 Å². The Bertz CT molecular complexity index is 1060. The number of piperazine rings is 1. The Kier molecular flexibility index (Phi) is 5.36. The van der Waals surface area contributed by atoms with Crippen molar-refractivity contribution in [3.8, 4) is 0 Å². The van der Waals surface area contributed by atoms with Crippen molar-refractivity contribution >= 4 is 44.9 Å². The molecule has 0 spiro atoms. The molecule has 0 unspecified atom stereocenters. The Morgan fingerprint density at radius 1 is 1.18 bits per heavy atom. The zero-order valence-electron chi connectivity index (χ0n) is 15.3. The molecule has 3 heterocycles. The minimum absolute atomic E-state index is 0.0317. The van der Waals surface area contributed by atoms with Gasteiger partial charge in [-0.2, -0.15) is 0 Å². The highest BCUT2D eigenvalue weighted by atomic mass is 32.2. The summed E-state index contributed by atoms with van der Waals surface area (Å²) in [5.41, 5.74) is 0.875. The highest BCUT2D eigenvalue weighted by Crippen LogP contribution is 2.21. The van der Waals surface area contributed by atoms with E-state index >= 15 is 0 Å². The number of fused-ring (bicyclic) bond motifs is 1. The summed E-state index contributed by atoms with van der Waals surface area (Å²) in [7, 11) is 1.68. The van der Waals surface area contributed by atoms with Crippen molar-refractivity contribution in [2.24, 2.45) is 7.05 Å². The molecule has 0 aliphatic carbocycles. The summed E-state index contributed by atoms with van der Waals surface area (Å²) in [5.74, 6) is 0.0240. The number of thiophene rings is 1. The first-order chi connectivity index (χ1) is 13.5. The summed E-state index contributed by atoms with van der Waals surface area (Å²) in [5, 5.41) is 3.01. The largest absolute Gasteiger partial charge is 0.368 e. The van der Waals surface area contributed by atoms with Crippen LogP contribution < -0.4 is 10.5 Å². The molecule has 1 amide bonds. The number of hydrogen-bond acceptors (Lipinski definition) is 6. The van der Waals surface area contributed by atoms with Crippen molar-refractivity contribution in [2.75, 3.05) is 36.8 Å². The normalized spacial score (nSPS) is 14.6. The predicted octanol–water partition coefficient (Wildman–Crippen LogP) is 2.58. The Labute approximate surface area is 169 Å².